The predicted octanol–water partition coefficient (Wildman–Crippen LogP) is 4.63. The zero-order valence-electron chi connectivity index (χ0n) is 19.8. The van der Waals surface area contributed by atoms with E-state index in [1.807, 2.05) is 34.9 Å². The van der Waals surface area contributed by atoms with Gasteiger partial charge < -0.3 is 9.47 Å². The predicted molar refractivity (Wildman–Crippen MR) is 140 cm³/mol. The van der Waals surface area contributed by atoms with Crippen molar-refractivity contribution in [3.8, 4) is 28.6 Å². The van der Waals surface area contributed by atoms with Gasteiger partial charge in [-0.15, -0.1) is 10.2 Å². The van der Waals surface area contributed by atoms with Crippen LogP contribution in [0.2, 0.25) is 5.02 Å². The van der Waals surface area contributed by atoms with E-state index in [-0.39, 0.29) is 11.7 Å². The van der Waals surface area contributed by atoms with Crippen molar-refractivity contribution in [2.24, 2.45) is 5.10 Å². The molecule has 0 fully saturated rings. The Morgan fingerprint density at radius 1 is 1.03 bits per heavy atom. The maximum absolute atomic E-state index is 12.6. The fourth-order valence-corrected chi connectivity index (χ4v) is 4.18. The van der Waals surface area contributed by atoms with E-state index in [2.05, 4.69) is 25.7 Å². The molecule has 0 aliphatic carbocycles. The molecule has 0 saturated carbocycles. The van der Waals surface area contributed by atoms with Crippen LogP contribution in [0.25, 0.3) is 17.1 Å². The van der Waals surface area contributed by atoms with Crippen LogP contribution >= 0.6 is 23.4 Å². The van der Waals surface area contributed by atoms with Crippen LogP contribution in [-0.4, -0.2) is 51.3 Å². The highest BCUT2D eigenvalue weighted by Gasteiger charge is 2.17. The Bertz CT molecular complexity index is 1380. The first-order chi connectivity index (χ1) is 17.5. The number of nitrogens with one attached hydrogen (secondary N) is 1. The standard InChI is InChI=1S/C25H23ClN6O3S/c1-16(18-4-9-21(34-2)22(14-18)35-3)28-29-23(33)15-36-25-31-30-24(17-10-12-27-13-11-17)32(25)20-7-5-19(26)6-8-20/h4-14H,15H2,1-3H3,(H,29,33)/b28-16-. The second-order valence-corrected chi connectivity index (χ2v) is 8.82. The first kappa shape index (κ1) is 25.2. The number of nitrogens with zero attached hydrogens (tertiary/aromatic N) is 5. The third kappa shape index (κ3) is 5.84. The van der Waals surface area contributed by atoms with Crippen molar-refractivity contribution in [3.05, 3.63) is 77.6 Å². The summed E-state index contributed by atoms with van der Waals surface area (Å²) in [5, 5.41) is 14.1. The molecule has 184 valence electrons. The zero-order valence-corrected chi connectivity index (χ0v) is 21.4. The number of pyridine rings is 1. The van der Waals surface area contributed by atoms with Gasteiger partial charge in [-0.05, 0) is 61.5 Å². The lowest BCUT2D eigenvalue weighted by atomic mass is 10.1. The number of carbonyl (C=O) groups is 1. The van der Waals surface area contributed by atoms with Crippen LogP contribution in [0.3, 0.4) is 0 Å². The Balaban J connectivity index is 1.49. The summed E-state index contributed by atoms with van der Waals surface area (Å²) in [5.74, 6) is 1.63. The summed E-state index contributed by atoms with van der Waals surface area (Å²) in [6.45, 7) is 1.80. The van der Waals surface area contributed by atoms with E-state index in [0.29, 0.717) is 33.2 Å². The van der Waals surface area contributed by atoms with Gasteiger partial charge in [-0.3, -0.25) is 14.3 Å². The zero-order chi connectivity index (χ0) is 25.5. The van der Waals surface area contributed by atoms with E-state index in [4.69, 9.17) is 21.1 Å². The molecule has 0 radical (unpaired) electrons. The highest BCUT2D eigenvalue weighted by Crippen LogP contribution is 2.29. The molecule has 0 saturated heterocycles. The van der Waals surface area contributed by atoms with Gasteiger partial charge in [0.25, 0.3) is 5.91 Å². The van der Waals surface area contributed by atoms with Crippen LogP contribution < -0.4 is 14.9 Å². The first-order valence-electron chi connectivity index (χ1n) is 10.8. The lowest BCUT2D eigenvalue weighted by Crippen LogP contribution is -2.21. The third-order valence-corrected chi connectivity index (χ3v) is 6.32. The van der Waals surface area contributed by atoms with E-state index in [1.165, 1.54) is 11.8 Å². The number of rotatable bonds is 9. The number of ether oxygens (including phenoxy) is 2. The van der Waals surface area contributed by atoms with Crippen LogP contribution in [0.5, 0.6) is 11.5 Å². The number of amides is 1. The number of hydrogen-bond acceptors (Lipinski definition) is 8. The summed E-state index contributed by atoms with van der Waals surface area (Å²) in [7, 11) is 3.14. The highest BCUT2D eigenvalue weighted by molar-refractivity contribution is 7.99. The molecular formula is C25H23ClN6O3S. The van der Waals surface area contributed by atoms with Crippen LogP contribution in [-0.2, 0) is 4.79 Å². The molecule has 2 aromatic carbocycles. The van der Waals surface area contributed by atoms with Crippen molar-refractivity contribution in [1.29, 1.82) is 0 Å². The number of benzene rings is 2. The number of thioether (sulfide) groups is 1. The van der Waals surface area contributed by atoms with E-state index in [0.717, 1.165) is 16.8 Å². The molecule has 0 spiro atoms. The Hall–Kier alpha value is -3.89. The minimum absolute atomic E-state index is 0.0881. The maximum atomic E-state index is 12.6. The lowest BCUT2D eigenvalue weighted by Gasteiger charge is -2.10. The van der Waals surface area contributed by atoms with Crippen LogP contribution in [0.4, 0.5) is 0 Å². The summed E-state index contributed by atoms with van der Waals surface area (Å²) in [6, 6.07) is 16.5. The average molecular weight is 523 g/mol. The van der Waals surface area contributed by atoms with Crippen molar-refractivity contribution in [2.75, 3.05) is 20.0 Å². The Morgan fingerprint density at radius 2 is 1.75 bits per heavy atom. The van der Waals surface area contributed by atoms with Gasteiger partial charge in [0.05, 0.1) is 25.7 Å². The highest BCUT2D eigenvalue weighted by atomic mass is 35.5. The van der Waals surface area contributed by atoms with Crippen LogP contribution in [0.1, 0.15) is 12.5 Å². The summed E-state index contributed by atoms with van der Waals surface area (Å²) < 4.78 is 12.5. The van der Waals surface area contributed by atoms with Crippen molar-refractivity contribution in [1.82, 2.24) is 25.2 Å². The number of methoxy groups -OCH3 is 2. The molecule has 2 heterocycles. The Morgan fingerprint density at radius 3 is 2.44 bits per heavy atom. The van der Waals surface area contributed by atoms with Gasteiger partial charge in [-0.1, -0.05) is 23.4 Å². The molecule has 36 heavy (non-hydrogen) atoms. The van der Waals surface area contributed by atoms with Crippen LogP contribution in [0, 0.1) is 0 Å². The summed E-state index contributed by atoms with van der Waals surface area (Å²) >= 11 is 7.33. The Kier molecular flexibility index (Phi) is 8.19. The number of hydrogen-bond donors (Lipinski definition) is 1. The molecule has 0 aliphatic heterocycles. The number of hydrazone groups is 1. The smallest absolute Gasteiger partial charge is 0.250 e. The Labute approximate surface area is 217 Å². The molecule has 4 aromatic rings. The topological polar surface area (TPSA) is 104 Å². The van der Waals surface area contributed by atoms with Gasteiger partial charge in [-0.2, -0.15) is 5.10 Å². The average Bonchev–Trinajstić information content (AvgIpc) is 3.35. The second kappa shape index (κ2) is 11.7. The van der Waals surface area contributed by atoms with Gasteiger partial charge in [0.2, 0.25) is 0 Å². The molecule has 9 nitrogen and oxygen atoms in total. The van der Waals surface area contributed by atoms with Crippen molar-refractivity contribution < 1.29 is 14.3 Å². The van der Waals surface area contributed by atoms with Gasteiger partial charge in [0, 0.05) is 34.2 Å². The summed E-state index contributed by atoms with van der Waals surface area (Å²) in [6.07, 6.45) is 3.38. The molecule has 0 unspecified atom stereocenters. The summed E-state index contributed by atoms with van der Waals surface area (Å²) in [5.41, 5.74) is 5.68. The van der Waals surface area contributed by atoms with E-state index in [1.54, 1.807) is 57.8 Å². The largest absolute Gasteiger partial charge is 0.493 e. The van der Waals surface area contributed by atoms with Gasteiger partial charge in [-0.25, -0.2) is 5.43 Å². The van der Waals surface area contributed by atoms with Crippen molar-refractivity contribution in [3.63, 3.8) is 0 Å². The molecule has 4 rings (SSSR count). The number of halogens is 1. The number of aromatic nitrogens is 4. The molecule has 0 atom stereocenters. The molecule has 2 aromatic heterocycles. The maximum Gasteiger partial charge on any atom is 0.250 e. The SMILES string of the molecule is COc1ccc(/C(C)=N\NC(=O)CSc2nnc(-c3ccncc3)n2-c2ccc(Cl)cc2)cc1OC. The molecular weight excluding hydrogens is 500 g/mol. The summed E-state index contributed by atoms with van der Waals surface area (Å²) in [4.78, 5) is 16.6. The number of carbonyl (C=O) groups excluding carboxylic acids is 1. The minimum Gasteiger partial charge on any atom is -0.493 e. The van der Waals surface area contributed by atoms with Gasteiger partial charge >= 0.3 is 0 Å². The van der Waals surface area contributed by atoms with E-state index < -0.39 is 0 Å². The fourth-order valence-electron chi connectivity index (χ4n) is 3.31. The van der Waals surface area contributed by atoms with E-state index in [9.17, 15) is 4.79 Å². The van der Waals surface area contributed by atoms with E-state index >= 15 is 0 Å². The second-order valence-electron chi connectivity index (χ2n) is 7.44. The molecule has 1 amide bonds. The fraction of sp³-hybridized carbons (Fsp3) is 0.160. The molecule has 1 N–H and O–H groups in total. The molecule has 0 aliphatic rings. The molecule has 11 heteroatoms. The lowest BCUT2D eigenvalue weighted by molar-refractivity contribution is -0.118. The monoisotopic (exact) mass is 522 g/mol. The van der Waals surface area contributed by atoms with Gasteiger partial charge in [0.1, 0.15) is 0 Å². The molecule has 0 bridgehead atoms. The van der Waals surface area contributed by atoms with Crippen molar-refractivity contribution in [2.45, 2.75) is 12.1 Å². The first-order valence-corrected chi connectivity index (χ1v) is 12.2. The van der Waals surface area contributed by atoms with Crippen molar-refractivity contribution >= 4 is 35.0 Å². The van der Waals surface area contributed by atoms with Gasteiger partial charge in [0.15, 0.2) is 22.5 Å². The quantitative estimate of drug-likeness (QED) is 0.194. The minimum atomic E-state index is -0.282. The van der Waals surface area contributed by atoms with Crippen LogP contribution in [0.15, 0.2) is 77.2 Å². The third-order valence-electron chi connectivity index (χ3n) is 5.14. The normalized spacial score (nSPS) is 11.3.